The maximum absolute atomic E-state index is 12.2. The Morgan fingerprint density at radius 1 is 1.30 bits per heavy atom. The first-order valence-electron chi connectivity index (χ1n) is 6.03. The molecule has 1 aromatic carbocycles. The van der Waals surface area contributed by atoms with Gasteiger partial charge >= 0.3 is 0 Å². The number of hydrogen-bond acceptors (Lipinski definition) is 4. The zero-order valence-corrected chi connectivity index (χ0v) is 13.7. The molecule has 0 spiro atoms. The van der Waals surface area contributed by atoms with Gasteiger partial charge in [-0.3, -0.25) is 0 Å². The Bertz CT molecular complexity index is 550. The molecule has 8 heteroatoms. The monoisotopic (exact) mass is 340 g/mol. The van der Waals surface area contributed by atoms with Gasteiger partial charge in [-0.2, -0.15) is 0 Å². The Kier molecular flexibility index (Phi) is 7.22. The van der Waals surface area contributed by atoms with Gasteiger partial charge in [-0.05, 0) is 31.2 Å². The smallest absolute Gasteiger partial charge is 0.242 e. The van der Waals surface area contributed by atoms with E-state index in [0.29, 0.717) is 30.2 Å². The third-order valence-electron chi connectivity index (χ3n) is 2.55. The number of benzene rings is 1. The van der Waals surface area contributed by atoms with Crippen LogP contribution in [0.25, 0.3) is 0 Å². The lowest BCUT2D eigenvalue weighted by molar-refractivity contribution is 0.196. The molecule has 0 aliphatic rings. The van der Waals surface area contributed by atoms with Gasteiger partial charge in [-0.1, -0.05) is 23.2 Å². The Morgan fingerprint density at radius 2 is 2.00 bits per heavy atom. The van der Waals surface area contributed by atoms with Crippen LogP contribution < -0.4 is 10.0 Å². The van der Waals surface area contributed by atoms with Crippen molar-refractivity contribution in [1.29, 1.82) is 0 Å². The van der Waals surface area contributed by atoms with Crippen molar-refractivity contribution in [2.45, 2.75) is 17.9 Å². The quantitative estimate of drug-likeness (QED) is 0.710. The van der Waals surface area contributed by atoms with E-state index in [4.69, 9.17) is 27.9 Å². The molecule has 0 radical (unpaired) electrons. The lowest BCUT2D eigenvalue weighted by atomic mass is 10.2. The maximum atomic E-state index is 12.2. The summed E-state index contributed by atoms with van der Waals surface area (Å²) in [6.07, 6.45) is 0.581. The minimum atomic E-state index is -3.68. The van der Waals surface area contributed by atoms with Gasteiger partial charge in [-0.25, -0.2) is 13.1 Å². The molecule has 0 unspecified atom stereocenters. The summed E-state index contributed by atoms with van der Waals surface area (Å²) < 4.78 is 31.8. The van der Waals surface area contributed by atoms with Crippen LogP contribution in [-0.4, -0.2) is 35.7 Å². The van der Waals surface area contributed by atoms with Crippen molar-refractivity contribution >= 4 is 33.2 Å². The van der Waals surface area contributed by atoms with E-state index in [1.165, 1.54) is 6.07 Å². The van der Waals surface area contributed by atoms with Gasteiger partial charge in [0.1, 0.15) is 4.90 Å². The summed E-state index contributed by atoms with van der Waals surface area (Å²) in [7, 11) is -0.378. The molecule has 0 aliphatic heterocycles. The molecule has 1 rings (SSSR count). The maximum Gasteiger partial charge on any atom is 0.242 e. The Balaban J connectivity index is 2.99. The molecule has 0 saturated heterocycles. The van der Waals surface area contributed by atoms with Crippen molar-refractivity contribution < 1.29 is 13.2 Å². The number of ether oxygens (including phenoxy) is 1. The van der Waals surface area contributed by atoms with Crippen molar-refractivity contribution in [3.05, 3.63) is 27.7 Å². The topological polar surface area (TPSA) is 67.4 Å². The molecule has 0 heterocycles. The minimum absolute atomic E-state index is 0.00525. The van der Waals surface area contributed by atoms with Gasteiger partial charge in [0.15, 0.2) is 0 Å². The van der Waals surface area contributed by atoms with E-state index < -0.39 is 10.0 Å². The van der Waals surface area contributed by atoms with Crippen LogP contribution in [-0.2, 0) is 21.3 Å². The number of halogens is 2. The predicted octanol–water partition coefficient (Wildman–Crippen LogP) is 2.03. The second-order valence-electron chi connectivity index (χ2n) is 4.15. The van der Waals surface area contributed by atoms with Crippen LogP contribution in [0.1, 0.15) is 12.0 Å². The van der Waals surface area contributed by atoms with Crippen LogP contribution >= 0.6 is 23.2 Å². The Hall–Kier alpha value is -0.370. The van der Waals surface area contributed by atoms with Crippen molar-refractivity contribution in [2.75, 3.05) is 27.3 Å². The fourth-order valence-corrected chi connectivity index (χ4v) is 3.64. The zero-order valence-electron chi connectivity index (χ0n) is 11.4. The first kappa shape index (κ1) is 17.7. The van der Waals surface area contributed by atoms with Crippen molar-refractivity contribution in [3.63, 3.8) is 0 Å². The van der Waals surface area contributed by atoms with E-state index in [9.17, 15) is 8.42 Å². The molecule has 0 amide bonds. The number of sulfonamides is 1. The number of methoxy groups -OCH3 is 1. The van der Waals surface area contributed by atoms with Crippen LogP contribution in [0.5, 0.6) is 0 Å². The average Bonchev–Trinajstić information content (AvgIpc) is 2.39. The van der Waals surface area contributed by atoms with E-state index in [1.807, 2.05) is 0 Å². The summed E-state index contributed by atoms with van der Waals surface area (Å²) in [4.78, 5) is -0.00525. The summed E-state index contributed by atoms with van der Waals surface area (Å²) in [6.45, 7) is 1.20. The van der Waals surface area contributed by atoms with Crippen LogP contribution in [0.15, 0.2) is 17.0 Å². The molecule has 1 aromatic rings. The van der Waals surface area contributed by atoms with Crippen LogP contribution in [0.2, 0.25) is 10.0 Å². The molecule has 0 saturated carbocycles. The van der Waals surface area contributed by atoms with E-state index >= 15 is 0 Å². The van der Waals surface area contributed by atoms with Gasteiger partial charge in [0.25, 0.3) is 0 Å². The highest BCUT2D eigenvalue weighted by atomic mass is 35.5. The minimum Gasteiger partial charge on any atom is -0.385 e. The first-order chi connectivity index (χ1) is 9.42. The third-order valence-corrected chi connectivity index (χ3v) is 4.82. The molecule has 0 bridgehead atoms. The molecule has 0 aliphatic carbocycles. The summed E-state index contributed by atoms with van der Waals surface area (Å²) in [5.41, 5.74) is 0.638. The highest BCUT2D eigenvalue weighted by molar-refractivity contribution is 7.89. The van der Waals surface area contributed by atoms with Crippen LogP contribution in [0.4, 0.5) is 0 Å². The number of rotatable bonds is 8. The summed E-state index contributed by atoms with van der Waals surface area (Å²) in [6, 6.07) is 2.99. The fraction of sp³-hybridized carbons (Fsp3) is 0.500. The van der Waals surface area contributed by atoms with E-state index in [1.54, 1.807) is 20.2 Å². The summed E-state index contributed by atoms with van der Waals surface area (Å²) in [5.74, 6) is 0. The molecule has 0 fully saturated rings. The Labute approximate surface area is 129 Å². The fourth-order valence-electron chi connectivity index (χ4n) is 1.63. The lowest BCUT2D eigenvalue weighted by Gasteiger charge is -2.12. The Morgan fingerprint density at radius 3 is 2.60 bits per heavy atom. The lowest BCUT2D eigenvalue weighted by Crippen LogP contribution is -2.26. The largest absolute Gasteiger partial charge is 0.385 e. The predicted molar refractivity (Wildman–Crippen MR) is 80.9 cm³/mol. The van der Waals surface area contributed by atoms with Crippen molar-refractivity contribution in [2.24, 2.45) is 0 Å². The van der Waals surface area contributed by atoms with E-state index in [2.05, 4.69) is 10.0 Å². The summed E-state index contributed by atoms with van der Waals surface area (Å²) in [5, 5.41) is 3.43. The van der Waals surface area contributed by atoms with Crippen molar-refractivity contribution in [3.8, 4) is 0 Å². The summed E-state index contributed by atoms with van der Waals surface area (Å²) >= 11 is 12.1. The normalized spacial score (nSPS) is 11.8. The third kappa shape index (κ3) is 4.87. The molecule has 0 atom stereocenters. The van der Waals surface area contributed by atoms with Gasteiger partial charge in [0.05, 0.1) is 5.02 Å². The average molecular weight is 341 g/mol. The highest BCUT2D eigenvalue weighted by Crippen LogP contribution is 2.29. The molecular formula is C12H18Cl2N2O3S. The van der Waals surface area contributed by atoms with Gasteiger partial charge in [0.2, 0.25) is 10.0 Å². The number of hydrogen-bond donors (Lipinski definition) is 2. The second-order valence-corrected chi connectivity index (χ2v) is 6.70. The highest BCUT2D eigenvalue weighted by Gasteiger charge is 2.20. The second kappa shape index (κ2) is 8.17. The van der Waals surface area contributed by atoms with E-state index in [-0.39, 0.29) is 16.5 Å². The van der Waals surface area contributed by atoms with E-state index in [0.717, 1.165) is 0 Å². The molecule has 2 N–H and O–H groups in total. The first-order valence-corrected chi connectivity index (χ1v) is 8.27. The van der Waals surface area contributed by atoms with Gasteiger partial charge in [0, 0.05) is 31.8 Å². The molecule has 114 valence electrons. The molecule has 20 heavy (non-hydrogen) atoms. The number of nitrogens with one attached hydrogen (secondary N) is 2. The van der Waals surface area contributed by atoms with Crippen molar-refractivity contribution in [1.82, 2.24) is 10.0 Å². The zero-order chi connectivity index (χ0) is 15.2. The standard InChI is InChI=1S/C12H18Cl2N2O3S/c1-15-8-9-6-10(13)7-11(12(9)14)20(17,18)16-4-3-5-19-2/h6-7,15-16H,3-5,8H2,1-2H3. The van der Waals surface area contributed by atoms with Crippen LogP contribution in [0.3, 0.4) is 0 Å². The van der Waals surface area contributed by atoms with Gasteiger partial charge < -0.3 is 10.1 Å². The SMILES string of the molecule is CNCc1cc(Cl)cc(S(=O)(=O)NCCCOC)c1Cl. The van der Waals surface area contributed by atoms with Crippen LogP contribution in [0, 0.1) is 0 Å². The molecule has 5 nitrogen and oxygen atoms in total. The molecular weight excluding hydrogens is 323 g/mol. The molecule has 0 aromatic heterocycles. The van der Waals surface area contributed by atoms with Gasteiger partial charge in [-0.15, -0.1) is 0 Å².